The largest absolute Gasteiger partial charge is 0.389 e. The first-order valence-corrected chi connectivity index (χ1v) is 6.58. The van der Waals surface area contributed by atoms with Gasteiger partial charge in [-0.05, 0) is 31.4 Å². The van der Waals surface area contributed by atoms with Crippen molar-refractivity contribution in [3.63, 3.8) is 0 Å². The van der Waals surface area contributed by atoms with Crippen LogP contribution >= 0.6 is 0 Å². The molecule has 0 aliphatic rings. The molecule has 1 aromatic carbocycles. The maximum Gasteiger partial charge on any atom is 0.292 e. The molecule has 1 rings (SSSR count). The lowest BCUT2D eigenvalue weighted by atomic mass is 10.1. The molecule has 0 amide bonds. The zero-order valence-electron chi connectivity index (χ0n) is 12.0. The van der Waals surface area contributed by atoms with Crippen LogP contribution in [0.25, 0.3) is 0 Å². The van der Waals surface area contributed by atoms with Gasteiger partial charge < -0.3 is 10.0 Å². The van der Waals surface area contributed by atoms with Crippen LogP contribution in [0.4, 0.5) is 11.4 Å². The Morgan fingerprint density at radius 3 is 2.42 bits per heavy atom. The van der Waals surface area contributed by atoms with Crippen LogP contribution in [0.1, 0.15) is 39.4 Å². The van der Waals surface area contributed by atoms with E-state index in [-0.39, 0.29) is 10.6 Å². The SMILES string of the molecule is CCN(CC(C)C)c1ccc([C@@H](C)O)cc1[N+](=O)[O-]. The minimum absolute atomic E-state index is 0.0564. The van der Waals surface area contributed by atoms with Gasteiger partial charge in [0.2, 0.25) is 0 Å². The Hall–Kier alpha value is -1.62. The number of aliphatic hydroxyl groups excluding tert-OH is 1. The smallest absolute Gasteiger partial charge is 0.292 e. The minimum Gasteiger partial charge on any atom is -0.389 e. The number of nitro benzene ring substituents is 1. The van der Waals surface area contributed by atoms with Gasteiger partial charge in [-0.25, -0.2) is 0 Å². The number of nitro groups is 1. The highest BCUT2D eigenvalue weighted by atomic mass is 16.6. The number of benzene rings is 1. The van der Waals surface area contributed by atoms with E-state index in [1.165, 1.54) is 6.07 Å². The Morgan fingerprint density at radius 1 is 1.37 bits per heavy atom. The van der Waals surface area contributed by atoms with Crippen molar-refractivity contribution in [3.05, 3.63) is 33.9 Å². The molecule has 0 aliphatic carbocycles. The molecule has 0 spiro atoms. The van der Waals surface area contributed by atoms with Gasteiger partial charge in [0.05, 0.1) is 11.0 Å². The number of anilines is 1. The van der Waals surface area contributed by atoms with Crippen LogP contribution < -0.4 is 4.90 Å². The van der Waals surface area contributed by atoms with E-state index in [1.807, 2.05) is 11.8 Å². The molecule has 0 aliphatic heterocycles. The monoisotopic (exact) mass is 266 g/mol. The van der Waals surface area contributed by atoms with Crippen LogP contribution in [0.5, 0.6) is 0 Å². The van der Waals surface area contributed by atoms with Crippen LogP contribution in [0.3, 0.4) is 0 Å². The lowest BCUT2D eigenvalue weighted by molar-refractivity contribution is -0.384. The van der Waals surface area contributed by atoms with Crippen molar-refractivity contribution in [2.45, 2.75) is 33.8 Å². The maximum atomic E-state index is 11.2. The lowest BCUT2D eigenvalue weighted by Gasteiger charge is -2.25. The summed E-state index contributed by atoms with van der Waals surface area (Å²) in [6.45, 7) is 9.23. The van der Waals surface area contributed by atoms with Gasteiger partial charge in [0, 0.05) is 19.2 Å². The Labute approximate surface area is 114 Å². The summed E-state index contributed by atoms with van der Waals surface area (Å²) in [6.07, 6.45) is -0.701. The van der Waals surface area contributed by atoms with E-state index in [4.69, 9.17) is 0 Å². The second-order valence-corrected chi connectivity index (χ2v) is 5.11. The number of hydrogen-bond donors (Lipinski definition) is 1. The Morgan fingerprint density at radius 2 is 2.00 bits per heavy atom. The van der Waals surface area contributed by atoms with Crippen molar-refractivity contribution in [3.8, 4) is 0 Å². The topological polar surface area (TPSA) is 66.6 Å². The molecule has 0 heterocycles. The Bertz CT molecular complexity index is 444. The summed E-state index contributed by atoms with van der Waals surface area (Å²) in [6, 6.07) is 4.94. The molecule has 1 N–H and O–H groups in total. The first kappa shape index (κ1) is 15.4. The van der Waals surface area contributed by atoms with Crippen LogP contribution in [0, 0.1) is 16.0 Å². The minimum atomic E-state index is -0.701. The highest BCUT2D eigenvalue weighted by Crippen LogP contribution is 2.31. The molecule has 0 fully saturated rings. The molecular formula is C14H22N2O3. The summed E-state index contributed by atoms with van der Waals surface area (Å²) in [5.74, 6) is 0.427. The molecule has 0 saturated carbocycles. The zero-order valence-corrected chi connectivity index (χ0v) is 12.0. The molecule has 0 radical (unpaired) electrons. The van der Waals surface area contributed by atoms with Gasteiger partial charge in [-0.3, -0.25) is 10.1 Å². The van der Waals surface area contributed by atoms with Gasteiger partial charge >= 0.3 is 0 Å². The second kappa shape index (κ2) is 6.52. The van der Waals surface area contributed by atoms with E-state index in [0.717, 1.165) is 6.54 Å². The molecule has 5 heteroatoms. The standard InChI is InChI=1S/C14H22N2O3/c1-5-15(9-10(2)3)13-7-6-12(11(4)17)8-14(13)16(18)19/h6-8,10-11,17H,5,9H2,1-4H3/t11-/m1/s1. The third-order valence-corrected chi connectivity index (χ3v) is 2.99. The number of nitrogens with zero attached hydrogens (tertiary/aromatic N) is 2. The highest BCUT2D eigenvalue weighted by molar-refractivity contribution is 5.64. The fourth-order valence-corrected chi connectivity index (χ4v) is 2.05. The molecule has 19 heavy (non-hydrogen) atoms. The maximum absolute atomic E-state index is 11.2. The van der Waals surface area contributed by atoms with Gasteiger partial charge in [0.15, 0.2) is 0 Å². The Kier molecular flexibility index (Phi) is 5.30. The van der Waals surface area contributed by atoms with Crippen molar-refractivity contribution in [2.24, 2.45) is 5.92 Å². The van der Waals surface area contributed by atoms with E-state index in [0.29, 0.717) is 23.7 Å². The molecule has 0 bridgehead atoms. The first-order valence-electron chi connectivity index (χ1n) is 6.58. The summed E-state index contributed by atoms with van der Waals surface area (Å²) < 4.78 is 0. The summed E-state index contributed by atoms with van der Waals surface area (Å²) in [5, 5.41) is 20.7. The fourth-order valence-electron chi connectivity index (χ4n) is 2.05. The number of aliphatic hydroxyl groups is 1. The molecule has 1 aromatic rings. The van der Waals surface area contributed by atoms with Crippen LogP contribution in [-0.2, 0) is 0 Å². The summed E-state index contributed by atoms with van der Waals surface area (Å²) in [5.41, 5.74) is 1.24. The third kappa shape index (κ3) is 3.92. The third-order valence-electron chi connectivity index (χ3n) is 2.99. The zero-order chi connectivity index (χ0) is 14.6. The number of hydrogen-bond acceptors (Lipinski definition) is 4. The van der Waals surface area contributed by atoms with Crippen molar-refractivity contribution >= 4 is 11.4 Å². The lowest BCUT2D eigenvalue weighted by Crippen LogP contribution is -2.27. The van der Waals surface area contributed by atoms with Crippen LogP contribution in [0.15, 0.2) is 18.2 Å². The van der Waals surface area contributed by atoms with Gasteiger partial charge in [-0.2, -0.15) is 0 Å². The molecule has 0 saturated heterocycles. The van der Waals surface area contributed by atoms with Crippen molar-refractivity contribution in [1.82, 2.24) is 0 Å². The second-order valence-electron chi connectivity index (χ2n) is 5.11. The average Bonchev–Trinajstić information content (AvgIpc) is 2.34. The molecule has 1 atom stereocenters. The van der Waals surface area contributed by atoms with Crippen molar-refractivity contribution in [1.29, 1.82) is 0 Å². The van der Waals surface area contributed by atoms with Crippen LogP contribution in [-0.4, -0.2) is 23.1 Å². The van der Waals surface area contributed by atoms with Crippen molar-refractivity contribution in [2.75, 3.05) is 18.0 Å². The van der Waals surface area contributed by atoms with Gasteiger partial charge in [-0.1, -0.05) is 19.9 Å². The van der Waals surface area contributed by atoms with Gasteiger partial charge in [0.25, 0.3) is 5.69 Å². The molecule has 5 nitrogen and oxygen atoms in total. The average molecular weight is 266 g/mol. The van der Waals surface area contributed by atoms with Gasteiger partial charge in [-0.15, -0.1) is 0 Å². The van der Waals surface area contributed by atoms with E-state index in [9.17, 15) is 15.2 Å². The molecule has 0 aromatic heterocycles. The molecule has 0 unspecified atom stereocenters. The summed E-state index contributed by atoms with van der Waals surface area (Å²) in [4.78, 5) is 12.8. The normalized spacial score (nSPS) is 12.5. The van der Waals surface area contributed by atoms with Gasteiger partial charge in [0.1, 0.15) is 5.69 Å². The Balaban J connectivity index is 3.21. The summed E-state index contributed by atoms with van der Waals surface area (Å²) >= 11 is 0. The predicted molar refractivity (Wildman–Crippen MR) is 76.5 cm³/mol. The number of rotatable bonds is 6. The van der Waals surface area contributed by atoms with E-state index < -0.39 is 6.10 Å². The summed E-state index contributed by atoms with van der Waals surface area (Å²) in [7, 11) is 0. The fraction of sp³-hybridized carbons (Fsp3) is 0.571. The van der Waals surface area contributed by atoms with Crippen LogP contribution in [0.2, 0.25) is 0 Å². The predicted octanol–water partition coefficient (Wildman–Crippen LogP) is 3.13. The quantitative estimate of drug-likeness (QED) is 0.634. The van der Waals surface area contributed by atoms with E-state index >= 15 is 0 Å². The van der Waals surface area contributed by atoms with Crippen molar-refractivity contribution < 1.29 is 10.0 Å². The molecule has 106 valence electrons. The van der Waals surface area contributed by atoms with E-state index in [2.05, 4.69) is 13.8 Å². The highest BCUT2D eigenvalue weighted by Gasteiger charge is 2.20. The van der Waals surface area contributed by atoms with E-state index in [1.54, 1.807) is 19.1 Å². The first-order chi connectivity index (χ1) is 8.86. The molecular weight excluding hydrogens is 244 g/mol.